The van der Waals surface area contributed by atoms with E-state index in [0.29, 0.717) is 5.57 Å². The molecule has 2 atom stereocenters. The third-order valence-corrected chi connectivity index (χ3v) is 3.57. The summed E-state index contributed by atoms with van der Waals surface area (Å²) in [4.78, 5) is 11.7. The van der Waals surface area contributed by atoms with Crippen molar-refractivity contribution in [2.75, 3.05) is 0 Å². The van der Waals surface area contributed by atoms with Crippen LogP contribution < -0.4 is 0 Å². The average Bonchev–Trinajstić information content (AvgIpc) is 2.11. The zero-order valence-corrected chi connectivity index (χ0v) is 9.54. The minimum atomic E-state index is -0.316. The number of fused-ring (bicyclic) bond motifs is 1. The minimum Gasteiger partial charge on any atom is -0.511 e. The van der Waals surface area contributed by atoms with E-state index in [4.69, 9.17) is 4.74 Å². The first-order valence-corrected chi connectivity index (χ1v) is 5.56. The van der Waals surface area contributed by atoms with Crippen LogP contribution in [0.5, 0.6) is 0 Å². The number of rotatable bonds is 0. The molecule has 2 aliphatic rings. The Balaban J connectivity index is 2.40. The van der Waals surface area contributed by atoms with Crippen molar-refractivity contribution in [3.05, 3.63) is 11.3 Å². The highest BCUT2D eigenvalue weighted by atomic mass is 16.5. The maximum atomic E-state index is 11.7. The number of aliphatic hydroxyl groups excluding tert-OH is 1. The largest absolute Gasteiger partial charge is 0.511 e. The summed E-state index contributed by atoms with van der Waals surface area (Å²) in [6.07, 6.45) is 2.75. The highest BCUT2D eigenvalue weighted by molar-refractivity contribution is 5.90. The SMILES string of the molecule is C[C@@H]1C[C@@H]2CCC(C)(C)C(O)=C2C(=O)O1. The molecule has 15 heavy (non-hydrogen) atoms. The van der Waals surface area contributed by atoms with Gasteiger partial charge in [-0.25, -0.2) is 4.79 Å². The summed E-state index contributed by atoms with van der Waals surface area (Å²) in [5.41, 5.74) is 0.259. The molecule has 0 amide bonds. The predicted molar refractivity (Wildman–Crippen MR) is 56.3 cm³/mol. The number of aliphatic hydroxyl groups is 1. The summed E-state index contributed by atoms with van der Waals surface area (Å²) in [5.74, 6) is 0.133. The molecular formula is C12H18O3. The van der Waals surface area contributed by atoms with Gasteiger partial charge in [0.1, 0.15) is 5.76 Å². The maximum absolute atomic E-state index is 11.7. The van der Waals surface area contributed by atoms with Crippen LogP contribution in [0.15, 0.2) is 11.3 Å². The standard InChI is InChI=1S/C12H18O3/c1-7-6-8-4-5-12(2,3)10(13)9(8)11(14)15-7/h7-8,13H,4-6H2,1-3H3/t7-,8+/m1/s1. The fraction of sp³-hybridized carbons (Fsp3) is 0.750. The number of hydrogen-bond acceptors (Lipinski definition) is 3. The molecule has 0 bridgehead atoms. The summed E-state index contributed by atoms with van der Waals surface area (Å²) in [7, 11) is 0. The molecule has 1 aliphatic heterocycles. The van der Waals surface area contributed by atoms with Crippen molar-refractivity contribution >= 4 is 5.97 Å². The Morgan fingerprint density at radius 1 is 1.47 bits per heavy atom. The van der Waals surface area contributed by atoms with E-state index in [-0.39, 0.29) is 29.2 Å². The summed E-state index contributed by atoms with van der Waals surface area (Å²) >= 11 is 0. The summed E-state index contributed by atoms with van der Waals surface area (Å²) < 4.78 is 5.16. The van der Waals surface area contributed by atoms with Crippen molar-refractivity contribution in [2.24, 2.45) is 11.3 Å². The second-order valence-electron chi connectivity index (χ2n) is 5.33. The fourth-order valence-electron chi connectivity index (χ4n) is 2.55. The van der Waals surface area contributed by atoms with Crippen LogP contribution in [0, 0.1) is 11.3 Å². The maximum Gasteiger partial charge on any atom is 0.337 e. The molecular weight excluding hydrogens is 192 g/mol. The van der Waals surface area contributed by atoms with Gasteiger partial charge in [0, 0.05) is 5.41 Å². The van der Waals surface area contributed by atoms with Crippen molar-refractivity contribution in [1.82, 2.24) is 0 Å². The molecule has 0 aromatic carbocycles. The molecule has 0 aromatic heterocycles. The molecule has 1 N–H and O–H groups in total. The summed E-state index contributed by atoms with van der Waals surface area (Å²) in [5, 5.41) is 10.1. The average molecular weight is 210 g/mol. The molecule has 0 saturated carbocycles. The lowest BCUT2D eigenvalue weighted by Crippen LogP contribution is -2.37. The Labute approximate surface area is 90.1 Å². The van der Waals surface area contributed by atoms with E-state index in [2.05, 4.69) is 0 Å². The van der Waals surface area contributed by atoms with Crippen LogP contribution >= 0.6 is 0 Å². The van der Waals surface area contributed by atoms with Gasteiger partial charge in [-0.1, -0.05) is 13.8 Å². The number of carbonyl (C=O) groups excluding carboxylic acids is 1. The molecule has 3 nitrogen and oxygen atoms in total. The first kappa shape index (κ1) is 10.5. The smallest absolute Gasteiger partial charge is 0.337 e. The van der Waals surface area contributed by atoms with Crippen LogP contribution in [-0.4, -0.2) is 17.2 Å². The van der Waals surface area contributed by atoms with Crippen LogP contribution in [0.2, 0.25) is 0 Å². The van der Waals surface area contributed by atoms with Gasteiger partial charge in [0.05, 0.1) is 11.7 Å². The van der Waals surface area contributed by atoms with Gasteiger partial charge in [-0.2, -0.15) is 0 Å². The van der Waals surface area contributed by atoms with Crippen LogP contribution in [0.1, 0.15) is 40.0 Å². The molecule has 1 heterocycles. The first-order valence-electron chi connectivity index (χ1n) is 5.56. The molecule has 2 rings (SSSR count). The molecule has 0 aromatic rings. The van der Waals surface area contributed by atoms with Crippen molar-refractivity contribution in [2.45, 2.75) is 46.1 Å². The summed E-state index contributed by atoms with van der Waals surface area (Å²) in [6.45, 7) is 5.85. The van der Waals surface area contributed by atoms with E-state index in [0.717, 1.165) is 19.3 Å². The second kappa shape index (κ2) is 3.26. The Morgan fingerprint density at radius 2 is 2.13 bits per heavy atom. The van der Waals surface area contributed by atoms with E-state index < -0.39 is 0 Å². The van der Waals surface area contributed by atoms with Crippen molar-refractivity contribution < 1.29 is 14.6 Å². The number of allylic oxidation sites excluding steroid dienone is 1. The molecule has 0 spiro atoms. The van der Waals surface area contributed by atoms with Crippen molar-refractivity contribution in [3.63, 3.8) is 0 Å². The van der Waals surface area contributed by atoms with E-state index in [1.54, 1.807) is 0 Å². The predicted octanol–water partition coefficient (Wildman–Crippen LogP) is 2.57. The first-order chi connectivity index (χ1) is 6.92. The third-order valence-electron chi connectivity index (χ3n) is 3.57. The topological polar surface area (TPSA) is 46.5 Å². The minimum absolute atomic E-state index is 0.0136. The Bertz CT molecular complexity index is 328. The van der Waals surface area contributed by atoms with Gasteiger partial charge in [-0.05, 0) is 32.1 Å². The third kappa shape index (κ3) is 1.64. The van der Waals surface area contributed by atoms with Gasteiger partial charge in [0.15, 0.2) is 0 Å². The number of ether oxygens (including phenoxy) is 1. The molecule has 84 valence electrons. The molecule has 0 unspecified atom stereocenters. The van der Waals surface area contributed by atoms with Gasteiger partial charge in [-0.3, -0.25) is 0 Å². The second-order valence-corrected chi connectivity index (χ2v) is 5.33. The lowest BCUT2D eigenvalue weighted by atomic mass is 9.71. The zero-order chi connectivity index (χ0) is 11.2. The number of carbonyl (C=O) groups is 1. The van der Waals surface area contributed by atoms with E-state index >= 15 is 0 Å². The van der Waals surface area contributed by atoms with Crippen molar-refractivity contribution in [3.8, 4) is 0 Å². The quantitative estimate of drug-likeness (QED) is 0.625. The summed E-state index contributed by atoms with van der Waals surface area (Å²) in [6, 6.07) is 0. The zero-order valence-electron chi connectivity index (χ0n) is 9.54. The van der Waals surface area contributed by atoms with Gasteiger partial charge in [-0.15, -0.1) is 0 Å². The molecule has 3 heteroatoms. The highest BCUT2D eigenvalue weighted by Crippen LogP contribution is 2.45. The van der Waals surface area contributed by atoms with Crippen molar-refractivity contribution in [1.29, 1.82) is 0 Å². The Kier molecular flexibility index (Phi) is 2.28. The number of cyclic esters (lactones) is 1. The molecule has 1 aliphatic carbocycles. The monoisotopic (exact) mass is 210 g/mol. The van der Waals surface area contributed by atoms with Crippen LogP contribution in [-0.2, 0) is 9.53 Å². The lowest BCUT2D eigenvalue weighted by molar-refractivity contribution is -0.149. The van der Waals surface area contributed by atoms with Crippen LogP contribution in [0.25, 0.3) is 0 Å². The number of hydrogen-bond donors (Lipinski definition) is 1. The fourth-order valence-corrected chi connectivity index (χ4v) is 2.55. The Hall–Kier alpha value is -0.990. The van der Waals surface area contributed by atoms with Gasteiger partial charge in [0.2, 0.25) is 0 Å². The van der Waals surface area contributed by atoms with E-state index in [1.807, 2.05) is 20.8 Å². The normalized spacial score (nSPS) is 34.7. The molecule has 1 fully saturated rings. The lowest BCUT2D eigenvalue weighted by Gasteiger charge is -2.38. The molecule has 1 saturated heterocycles. The van der Waals surface area contributed by atoms with E-state index in [1.165, 1.54) is 0 Å². The van der Waals surface area contributed by atoms with Gasteiger partial charge < -0.3 is 9.84 Å². The van der Waals surface area contributed by atoms with Crippen LogP contribution in [0.4, 0.5) is 0 Å². The Morgan fingerprint density at radius 3 is 2.80 bits per heavy atom. The number of esters is 1. The van der Waals surface area contributed by atoms with Gasteiger partial charge >= 0.3 is 5.97 Å². The van der Waals surface area contributed by atoms with E-state index in [9.17, 15) is 9.90 Å². The van der Waals surface area contributed by atoms with Crippen LogP contribution in [0.3, 0.4) is 0 Å². The highest BCUT2D eigenvalue weighted by Gasteiger charge is 2.42. The molecule has 0 radical (unpaired) electrons. The van der Waals surface area contributed by atoms with Gasteiger partial charge in [0.25, 0.3) is 0 Å².